The fourth-order valence-corrected chi connectivity index (χ4v) is 2.16. The van der Waals surface area contributed by atoms with E-state index in [2.05, 4.69) is 15.3 Å². The van der Waals surface area contributed by atoms with Gasteiger partial charge in [-0.1, -0.05) is 6.07 Å². The normalized spacial score (nSPS) is 10.6. The number of aromatic amines is 1. The number of carbonyl (C=O) groups excluding carboxylic acids is 1. The van der Waals surface area contributed by atoms with Crippen molar-refractivity contribution in [1.29, 1.82) is 0 Å². The Kier molecular flexibility index (Phi) is 3.46. The van der Waals surface area contributed by atoms with Crippen molar-refractivity contribution in [2.24, 2.45) is 0 Å². The van der Waals surface area contributed by atoms with Crippen LogP contribution in [0.1, 0.15) is 11.1 Å². The average Bonchev–Trinajstić information content (AvgIpc) is 2.94. The smallest absolute Gasteiger partial charge is 0.224 e. The van der Waals surface area contributed by atoms with Crippen molar-refractivity contribution >= 4 is 16.8 Å². The molecule has 2 N–H and O–H groups in total. The minimum absolute atomic E-state index is 0.0247. The molecule has 0 aliphatic carbocycles. The van der Waals surface area contributed by atoms with Gasteiger partial charge >= 0.3 is 0 Å². The van der Waals surface area contributed by atoms with E-state index in [9.17, 15) is 4.79 Å². The summed E-state index contributed by atoms with van der Waals surface area (Å²) >= 11 is 0. The van der Waals surface area contributed by atoms with Gasteiger partial charge in [0.05, 0.1) is 6.42 Å². The summed E-state index contributed by atoms with van der Waals surface area (Å²) in [5.74, 6) is 0.0247. The molecule has 20 heavy (non-hydrogen) atoms. The number of hydrogen-bond donors (Lipinski definition) is 2. The Balaban J connectivity index is 1.61. The SMILES string of the molecule is O=C(Cc1ccc2[nH]ccc2c1)NCc1ccncc1. The zero-order chi connectivity index (χ0) is 13.8. The third kappa shape index (κ3) is 2.85. The molecule has 0 radical (unpaired) electrons. The topological polar surface area (TPSA) is 57.8 Å². The highest BCUT2D eigenvalue weighted by Gasteiger charge is 2.04. The molecule has 1 aromatic carbocycles. The van der Waals surface area contributed by atoms with E-state index in [-0.39, 0.29) is 5.91 Å². The molecular weight excluding hydrogens is 250 g/mol. The van der Waals surface area contributed by atoms with Gasteiger partial charge in [-0.2, -0.15) is 0 Å². The summed E-state index contributed by atoms with van der Waals surface area (Å²) in [5.41, 5.74) is 3.16. The quantitative estimate of drug-likeness (QED) is 0.761. The molecule has 2 aromatic heterocycles. The summed E-state index contributed by atoms with van der Waals surface area (Å²) in [4.78, 5) is 19.0. The molecule has 0 unspecified atom stereocenters. The van der Waals surface area contributed by atoms with Gasteiger partial charge in [-0.15, -0.1) is 0 Å². The standard InChI is InChI=1S/C16H15N3O/c20-16(19-11-12-3-6-17-7-4-12)10-13-1-2-15-14(9-13)5-8-18-15/h1-9,18H,10-11H2,(H,19,20). The Morgan fingerprint density at radius 2 is 1.95 bits per heavy atom. The van der Waals surface area contributed by atoms with Crippen LogP contribution in [0.3, 0.4) is 0 Å². The van der Waals surface area contributed by atoms with Crippen LogP contribution in [-0.2, 0) is 17.8 Å². The van der Waals surface area contributed by atoms with Crippen molar-refractivity contribution < 1.29 is 4.79 Å². The maximum Gasteiger partial charge on any atom is 0.224 e. The summed E-state index contributed by atoms with van der Waals surface area (Å²) < 4.78 is 0. The van der Waals surface area contributed by atoms with Crippen LogP contribution in [0.4, 0.5) is 0 Å². The molecule has 1 amide bonds. The van der Waals surface area contributed by atoms with Crippen molar-refractivity contribution in [2.75, 3.05) is 0 Å². The molecule has 0 fully saturated rings. The predicted octanol–water partition coefficient (Wildman–Crippen LogP) is 2.42. The number of pyridine rings is 1. The Hall–Kier alpha value is -2.62. The first kappa shape index (κ1) is 12.4. The van der Waals surface area contributed by atoms with Crippen molar-refractivity contribution in [1.82, 2.24) is 15.3 Å². The molecule has 0 atom stereocenters. The third-order valence-electron chi connectivity index (χ3n) is 3.22. The van der Waals surface area contributed by atoms with Crippen LogP contribution in [-0.4, -0.2) is 15.9 Å². The van der Waals surface area contributed by atoms with Gasteiger partial charge in [-0.3, -0.25) is 9.78 Å². The highest BCUT2D eigenvalue weighted by molar-refractivity contribution is 5.83. The summed E-state index contributed by atoms with van der Waals surface area (Å²) in [6, 6.07) is 11.8. The Bertz CT molecular complexity index is 719. The molecule has 4 nitrogen and oxygen atoms in total. The number of nitrogens with zero attached hydrogens (tertiary/aromatic N) is 1. The Morgan fingerprint density at radius 1 is 1.10 bits per heavy atom. The van der Waals surface area contributed by atoms with Crippen LogP contribution in [0.25, 0.3) is 10.9 Å². The number of fused-ring (bicyclic) bond motifs is 1. The van der Waals surface area contributed by atoms with E-state index in [1.54, 1.807) is 12.4 Å². The number of amides is 1. The number of hydrogen-bond acceptors (Lipinski definition) is 2. The number of carbonyl (C=O) groups is 1. The van der Waals surface area contributed by atoms with Gasteiger partial charge in [-0.05, 0) is 46.8 Å². The number of nitrogens with one attached hydrogen (secondary N) is 2. The Labute approximate surface area is 116 Å². The summed E-state index contributed by atoms with van der Waals surface area (Å²) in [7, 11) is 0. The highest BCUT2D eigenvalue weighted by Crippen LogP contribution is 2.14. The molecule has 0 aliphatic heterocycles. The minimum Gasteiger partial charge on any atom is -0.361 e. The largest absolute Gasteiger partial charge is 0.361 e. The van der Waals surface area contributed by atoms with Crippen molar-refractivity contribution in [3.05, 3.63) is 66.1 Å². The first-order chi connectivity index (χ1) is 9.81. The fraction of sp³-hybridized carbons (Fsp3) is 0.125. The molecule has 0 bridgehead atoms. The molecule has 0 saturated heterocycles. The van der Waals surface area contributed by atoms with Gasteiger partial charge < -0.3 is 10.3 Å². The molecule has 0 spiro atoms. The third-order valence-corrected chi connectivity index (χ3v) is 3.22. The van der Waals surface area contributed by atoms with Crippen LogP contribution in [0.15, 0.2) is 55.0 Å². The molecule has 3 rings (SSSR count). The van der Waals surface area contributed by atoms with Gasteiger partial charge in [0.25, 0.3) is 0 Å². The first-order valence-corrected chi connectivity index (χ1v) is 6.53. The minimum atomic E-state index is 0.0247. The predicted molar refractivity (Wildman–Crippen MR) is 78.1 cm³/mol. The molecule has 0 aliphatic rings. The van der Waals surface area contributed by atoms with Gasteiger partial charge in [-0.25, -0.2) is 0 Å². The van der Waals surface area contributed by atoms with E-state index < -0.39 is 0 Å². The summed E-state index contributed by atoms with van der Waals surface area (Å²) in [5, 5.41) is 4.04. The van der Waals surface area contributed by atoms with Crippen molar-refractivity contribution in [3.8, 4) is 0 Å². The maximum absolute atomic E-state index is 11.9. The Morgan fingerprint density at radius 3 is 2.80 bits per heavy atom. The number of aromatic nitrogens is 2. The van der Waals surface area contributed by atoms with E-state index in [4.69, 9.17) is 0 Å². The summed E-state index contributed by atoms with van der Waals surface area (Å²) in [6.07, 6.45) is 5.74. The van der Waals surface area contributed by atoms with Crippen LogP contribution < -0.4 is 5.32 Å². The van der Waals surface area contributed by atoms with Crippen LogP contribution >= 0.6 is 0 Å². The fourth-order valence-electron chi connectivity index (χ4n) is 2.16. The lowest BCUT2D eigenvalue weighted by Gasteiger charge is -2.05. The van der Waals surface area contributed by atoms with Gasteiger partial charge in [0.2, 0.25) is 5.91 Å². The van der Waals surface area contributed by atoms with Gasteiger partial charge in [0.1, 0.15) is 0 Å². The average molecular weight is 265 g/mol. The van der Waals surface area contributed by atoms with Crippen molar-refractivity contribution in [2.45, 2.75) is 13.0 Å². The van der Waals surface area contributed by atoms with E-state index in [0.717, 1.165) is 22.0 Å². The van der Waals surface area contributed by atoms with E-state index in [1.807, 2.05) is 42.6 Å². The molecule has 0 saturated carbocycles. The molecule has 3 aromatic rings. The van der Waals surface area contributed by atoms with E-state index in [1.165, 1.54) is 0 Å². The maximum atomic E-state index is 11.9. The summed E-state index contributed by atoms with van der Waals surface area (Å²) in [6.45, 7) is 0.535. The second-order valence-corrected chi connectivity index (χ2v) is 4.71. The van der Waals surface area contributed by atoms with Gasteiger partial charge in [0, 0.05) is 30.7 Å². The number of benzene rings is 1. The van der Waals surface area contributed by atoms with Crippen LogP contribution in [0.5, 0.6) is 0 Å². The second kappa shape index (κ2) is 5.57. The molecule has 4 heteroatoms. The van der Waals surface area contributed by atoms with Crippen LogP contribution in [0.2, 0.25) is 0 Å². The highest BCUT2D eigenvalue weighted by atomic mass is 16.1. The lowest BCUT2D eigenvalue weighted by molar-refractivity contribution is -0.120. The zero-order valence-electron chi connectivity index (χ0n) is 11.0. The zero-order valence-corrected chi connectivity index (χ0v) is 11.0. The lowest BCUT2D eigenvalue weighted by Crippen LogP contribution is -2.24. The molecule has 2 heterocycles. The number of H-pyrrole nitrogens is 1. The van der Waals surface area contributed by atoms with E-state index in [0.29, 0.717) is 13.0 Å². The molecule has 100 valence electrons. The van der Waals surface area contributed by atoms with Gasteiger partial charge in [0.15, 0.2) is 0 Å². The monoisotopic (exact) mass is 265 g/mol. The van der Waals surface area contributed by atoms with E-state index >= 15 is 0 Å². The first-order valence-electron chi connectivity index (χ1n) is 6.53. The number of rotatable bonds is 4. The lowest BCUT2D eigenvalue weighted by atomic mass is 10.1. The molecular formula is C16H15N3O. The van der Waals surface area contributed by atoms with Crippen LogP contribution in [0, 0.1) is 0 Å². The second-order valence-electron chi connectivity index (χ2n) is 4.71. The van der Waals surface area contributed by atoms with Crippen molar-refractivity contribution in [3.63, 3.8) is 0 Å².